The van der Waals surface area contributed by atoms with Crippen molar-refractivity contribution >= 4 is 34.9 Å². The summed E-state index contributed by atoms with van der Waals surface area (Å²) in [6, 6.07) is 22.9. The first-order chi connectivity index (χ1) is 17.5. The fraction of sp³-hybridized carbons (Fsp3) is 0.222. The summed E-state index contributed by atoms with van der Waals surface area (Å²) in [7, 11) is 1.61. The molecule has 0 atom stereocenters. The fourth-order valence-electron chi connectivity index (χ4n) is 4.28. The summed E-state index contributed by atoms with van der Waals surface area (Å²) in [5.74, 6) is 0.456. The highest BCUT2D eigenvalue weighted by Gasteiger charge is 2.24. The lowest BCUT2D eigenvalue weighted by atomic mass is 9.94. The molecule has 0 radical (unpaired) electrons. The topological polar surface area (TPSA) is 64.7 Å². The van der Waals surface area contributed by atoms with Gasteiger partial charge in [-0.1, -0.05) is 59.6 Å². The second-order valence-electron chi connectivity index (χ2n) is 8.45. The van der Waals surface area contributed by atoms with Crippen LogP contribution in [0.25, 0.3) is 5.69 Å². The van der Waals surface area contributed by atoms with Crippen LogP contribution in [0.2, 0.25) is 10.0 Å². The number of hydrogen-bond acceptors (Lipinski definition) is 5. The molecule has 0 unspecified atom stereocenters. The van der Waals surface area contributed by atoms with E-state index in [0.717, 1.165) is 29.7 Å². The van der Waals surface area contributed by atoms with E-state index in [1.54, 1.807) is 35.9 Å². The van der Waals surface area contributed by atoms with Gasteiger partial charge in [0.2, 0.25) is 5.95 Å². The first-order valence-corrected chi connectivity index (χ1v) is 12.5. The first kappa shape index (κ1) is 24.3. The van der Waals surface area contributed by atoms with Gasteiger partial charge in [0, 0.05) is 34.8 Å². The number of aryl methyl sites for hydroxylation is 1. The van der Waals surface area contributed by atoms with Crippen LogP contribution in [0.1, 0.15) is 23.1 Å². The van der Waals surface area contributed by atoms with Crippen molar-refractivity contribution in [2.45, 2.75) is 19.4 Å². The highest BCUT2D eigenvalue weighted by molar-refractivity contribution is 6.31. The first-order valence-electron chi connectivity index (χ1n) is 11.7. The number of methoxy groups -OCH3 is 1. The van der Waals surface area contributed by atoms with Gasteiger partial charge in [0.15, 0.2) is 0 Å². The fourth-order valence-corrected chi connectivity index (χ4v) is 4.54. The van der Waals surface area contributed by atoms with Crippen molar-refractivity contribution in [2.75, 3.05) is 25.3 Å². The Morgan fingerprint density at radius 2 is 1.64 bits per heavy atom. The lowest BCUT2D eigenvalue weighted by molar-refractivity contribution is 0.186. The molecule has 1 aliphatic heterocycles. The standard InChI is InChI=1S/C27H25Cl2N5O2/c1-36-18-17-32-26(31-34(27(32)35)23-14-12-22(29)13-15-23)33-16-4-6-19-5-2-3-7-24(19)25(30-33)20-8-10-21(28)11-9-20/h2-3,5,7-15H,4,6,16-18H2,1H3. The molecule has 184 valence electrons. The van der Waals surface area contributed by atoms with Gasteiger partial charge in [-0.25, -0.2) is 9.80 Å². The molecular formula is C27H25Cl2N5O2. The second-order valence-corrected chi connectivity index (χ2v) is 9.33. The number of fused-ring (bicyclic) bond motifs is 1. The SMILES string of the molecule is COCCn1c(N2CCCc3ccccc3C(c3ccc(Cl)cc3)=N2)nn(-c2ccc(Cl)cc2)c1=O. The highest BCUT2D eigenvalue weighted by Crippen LogP contribution is 2.24. The van der Waals surface area contributed by atoms with E-state index in [1.807, 2.05) is 41.4 Å². The molecule has 0 spiro atoms. The second kappa shape index (κ2) is 10.7. The Labute approximate surface area is 219 Å². The zero-order valence-electron chi connectivity index (χ0n) is 19.8. The number of halogens is 2. The molecule has 0 saturated carbocycles. The average Bonchev–Trinajstić information content (AvgIpc) is 3.20. The molecule has 2 heterocycles. The number of benzene rings is 3. The summed E-state index contributed by atoms with van der Waals surface area (Å²) in [5, 5.41) is 12.9. The Morgan fingerprint density at radius 1 is 0.944 bits per heavy atom. The van der Waals surface area contributed by atoms with Crippen LogP contribution in [0, 0.1) is 0 Å². The maximum Gasteiger partial charge on any atom is 0.352 e. The molecular weight excluding hydrogens is 497 g/mol. The summed E-state index contributed by atoms with van der Waals surface area (Å²) < 4.78 is 8.27. The molecule has 36 heavy (non-hydrogen) atoms. The molecule has 5 rings (SSSR count). The molecule has 0 bridgehead atoms. The van der Waals surface area contributed by atoms with Crippen LogP contribution >= 0.6 is 23.2 Å². The van der Waals surface area contributed by atoms with E-state index >= 15 is 0 Å². The van der Waals surface area contributed by atoms with Gasteiger partial charge in [-0.15, -0.1) is 5.10 Å². The molecule has 0 N–H and O–H groups in total. The van der Waals surface area contributed by atoms with E-state index < -0.39 is 0 Å². The number of ether oxygens (including phenoxy) is 1. The molecule has 1 aromatic heterocycles. The molecule has 9 heteroatoms. The third kappa shape index (κ3) is 4.95. The van der Waals surface area contributed by atoms with Crippen LogP contribution in [0.3, 0.4) is 0 Å². The van der Waals surface area contributed by atoms with Gasteiger partial charge in [-0.3, -0.25) is 4.57 Å². The molecule has 3 aromatic carbocycles. The molecule has 0 amide bonds. The predicted molar refractivity (Wildman–Crippen MR) is 144 cm³/mol. The molecule has 7 nitrogen and oxygen atoms in total. The molecule has 0 saturated heterocycles. The highest BCUT2D eigenvalue weighted by atomic mass is 35.5. The number of nitrogens with zero attached hydrogens (tertiary/aromatic N) is 5. The van der Waals surface area contributed by atoms with Crippen molar-refractivity contribution in [3.63, 3.8) is 0 Å². The number of anilines is 1. The normalized spacial score (nSPS) is 13.6. The number of hydrazone groups is 1. The van der Waals surface area contributed by atoms with Crippen molar-refractivity contribution in [1.29, 1.82) is 0 Å². The van der Waals surface area contributed by atoms with Gasteiger partial charge in [0.05, 0.1) is 24.6 Å². The van der Waals surface area contributed by atoms with Gasteiger partial charge in [0.25, 0.3) is 0 Å². The third-order valence-corrected chi connectivity index (χ3v) is 6.59. The van der Waals surface area contributed by atoms with E-state index in [4.69, 9.17) is 38.1 Å². The Hall–Kier alpha value is -3.39. The van der Waals surface area contributed by atoms with E-state index in [1.165, 1.54) is 10.2 Å². The van der Waals surface area contributed by atoms with Gasteiger partial charge < -0.3 is 4.74 Å². The minimum atomic E-state index is -0.268. The number of rotatable bonds is 6. The molecule has 0 fully saturated rings. The van der Waals surface area contributed by atoms with Crippen LogP contribution in [0.4, 0.5) is 5.95 Å². The average molecular weight is 522 g/mol. The summed E-state index contributed by atoms with van der Waals surface area (Å²) in [6.07, 6.45) is 1.72. The quantitative estimate of drug-likeness (QED) is 0.350. The zero-order valence-corrected chi connectivity index (χ0v) is 21.3. The van der Waals surface area contributed by atoms with Crippen LogP contribution in [0.15, 0.2) is 82.7 Å². The largest absolute Gasteiger partial charge is 0.383 e. The van der Waals surface area contributed by atoms with E-state index in [2.05, 4.69) is 12.1 Å². The van der Waals surface area contributed by atoms with Crippen LogP contribution < -0.4 is 10.7 Å². The summed E-state index contributed by atoms with van der Waals surface area (Å²) in [4.78, 5) is 13.4. The van der Waals surface area contributed by atoms with Gasteiger partial charge >= 0.3 is 5.69 Å². The minimum absolute atomic E-state index is 0.268. The zero-order chi connectivity index (χ0) is 25.1. The Bertz CT molecular complexity index is 1440. The number of hydrogen-bond donors (Lipinski definition) is 0. The Morgan fingerprint density at radius 3 is 2.36 bits per heavy atom. The van der Waals surface area contributed by atoms with E-state index in [9.17, 15) is 4.79 Å². The smallest absolute Gasteiger partial charge is 0.352 e. The summed E-state index contributed by atoms with van der Waals surface area (Å²) >= 11 is 12.2. The maximum absolute atomic E-state index is 13.4. The van der Waals surface area contributed by atoms with E-state index in [-0.39, 0.29) is 5.69 Å². The van der Waals surface area contributed by atoms with Crippen LogP contribution in [-0.4, -0.2) is 40.3 Å². The van der Waals surface area contributed by atoms with Crippen LogP contribution in [-0.2, 0) is 17.7 Å². The van der Waals surface area contributed by atoms with Crippen molar-refractivity contribution in [3.8, 4) is 5.69 Å². The lowest BCUT2D eigenvalue weighted by Crippen LogP contribution is -2.30. The maximum atomic E-state index is 13.4. The van der Waals surface area contributed by atoms with Crippen LogP contribution in [0.5, 0.6) is 0 Å². The van der Waals surface area contributed by atoms with E-state index in [0.29, 0.717) is 41.4 Å². The minimum Gasteiger partial charge on any atom is -0.383 e. The van der Waals surface area contributed by atoms with Crippen molar-refractivity contribution in [2.24, 2.45) is 5.10 Å². The Balaban J connectivity index is 1.67. The Kier molecular flexibility index (Phi) is 7.23. The van der Waals surface area contributed by atoms with Crippen molar-refractivity contribution in [3.05, 3.63) is 110 Å². The number of aromatic nitrogens is 3. The third-order valence-electron chi connectivity index (χ3n) is 6.09. The van der Waals surface area contributed by atoms with Crippen molar-refractivity contribution in [1.82, 2.24) is 14.3 Å². The van der Waals surface area contributed by atoms with Gasteiger partial charge in [-0.05, 0) is 54.8 Å². The van der Waals surface area contributed by atoms with Crippen molar-refractivity contribution < 1.29 is 4.74 Å². The monoisotopic (exact) mass is 521 g/mol. The molecule has 0 aliphatic carbocycles. The molecule has 1 aliphatic rings. The lowest BCUT2D eigenvalue weighted by Gasteiger charge is -2.24. The summed E-state index contributed by atoms with van der Waals surface area (Å²) in [6.45, 7) is 1.30. The van der Waals surface area contributed by atoms with Gasteiger partial charge in [0.1, 0.15) is 0 Å². The predicted octanol–water partition coefficient (Wildman–Crippen LogP) is 5.19. The molecule has 4 aromatic rings. The summed E-state index contributed by atoms with van der Waals surface area (Å²) in [5.41, 5.74) is 4.37. The van der Waals surface area contributed by atoms with Gasteiger partial charge in [-0.2, -0.15) is 9.78 Å².